The number of rotatable bonds is 4. The molecule has 128 valence electrons. The fraction of sp³-hybridized carbons (Fsp3) is 0.120. The molecule has 0 saturated heterocycles. The van der Waals surface area contributed by atoms with Gasteiger partial charge < -0.3 is 0 Å². The van der Waals surface area contributed by atoms with Crippen LogP contribution in [-0.2, 0) is 0 Å². The van der Waals surface area contributed by atoms with Gasteiger partial charge in [-0.3, -0.25) is 0 Å². The summed E-state index contributed by atoms with van der Waals surface area (Å²) >= 11 is 0. The van der Waals surface area contributed by atoms with Gasteiger partial charge in [0.25, 0.3) is 0 Å². The Balaban J connectivity index is 2.10. The molecule has 0 fully saturated rings. The molecular formula is C25H24Si. The molecule has 3 aromatic rings. The minimum Gasteiger partial charge on any atom is -0.0806 e. The highest BCUT2D eigenvalue weighted by Crippen LogP contribution is 2.28. The van der Waals surface area contributed by atoms with Crippen molar-refractivity contribution in [3.63, 3.8) is 0 Å². The molecule has 0 aliphatic heterocycles. The van der Waals surface area contributed by atoms with Gasteiger partial charge in [-0.15, -0.1) is 0 Å². The molecule has 0 saturated carbocycles. The SMILES string of the molecule is CC1=C([Si](c2ccccc2)(c2ccccc2)c2ccc(C)cc2)CC=C1. The van der Waals surface area contributed by atoms with E-state index in [1.54, 1.807) is 5.20 Å². The molecule has 0 unspecified atom stereocenters. The van der Waals surface area contributed by atoms with Gasteiger partial charge >= 0.3 is 0 Å². The van der Waals surface area contributed by atoms with E-state index in [0.717, 1.165) is 6.42 Å². The largest absolute Gasteiger partial charge is 0.176 e. The number of allylic oxidation sites excluding steroid dienone is 4. The maximum atomic E-state index is 2.36. The lowest BCUT2D eigenvalue weighted by Crippen LogP contribution is -2.68. The van der Waals surface area contributed by atoms with E-state index in [9.17, 15) is 0 Å². The summed E-state index contributed by atoms with van der Waals surface area (Å²) in [5.41, 5.74) is 2.75. The van der Waals surface area contributed by atoms with Crippen LogP contribution in [0.25, 0.3) is 0 Å². The fourth-order valence-corrected chi connectivity index (χ4v) is 9.46. The van der Waals surface area contributed by atoms with Gasteiger partial charge in [-0.25, -0.2) is 0 Å². The van der Waals surface area contributed by atoms with Crippen LogP contribution in [0, 0.1) is 6.92 Å². The summed E-state index contributed by atoms with van der Waals surface area (Å²) < 4.78 is 0. The molecule has 0 amide bonds. The molecule has 0 N–H and O–H groups in total. The summed E-state index contributed by atoms with van der Waals surface area (Å²) in [5.74, 6) is 0. The Morgan fingerprint density at radius 1 is 0.615 bits per heavy atom. The third-order valence-corrected chi connectivity index (χ3v) is 10.6. The van der Waals surface area contributed by atoms with Crippen LogP contribution in [-0.4, -0.2) is 8.07 Å². The molecule has 0 spiro atoms. The highest BCUT2D eigenvalue weighted by Gasteiger charge is 2.43. The van der Waals surface area contributed by atoms with Crippen molar-refractivity contribution in [2.45, 2.75) is 20.3 Å². The monoisotopic (exact) mass is 352 g/mol. The molecule has 3 aromatic carbocycles. The van der Waals surface area contributed by atoms with Crippen molar-refractivity contribution in [1.29, 1.82) is 0 Å². The minimum atomic E-state index is -2.26. The summed E-state index contributed by atoms with van der Waals surface area (Å²) in [4.78, 5) is 0. The average Bonchev–Trinajstić information content (AvgIpc) is 3.12. The Labute approximate surface area is 157 Å². The Kier molecular flexibility index (Phi) is 4.48. The van der Waals surface area contributed by atoms with Crippen LogP contribution < -0.4 is 15.6 Å². The quantitative estimate of drug-likeness (QED) is 0.486. The van der Waals surface area contributed by atoms with Gasteiger partial charge in [-0.1, -0.05) is 113 Å². The van der Waals surface area contributed by atoms with Crippen molar-refractivity contribution < 1.29 is 0 Å². The third-order valence-electron chi connectivity index (χ3n) is 5.52. The van der Waals surface area contributed by atoms with Crippen LogP contribution >= 0.6 is 0 Å². The van der Waals surface area contributed by atoms with Gasteiger partial charge in [0.15, 0.2) is 8.07 Å². The maximum absolute atomic E-state index is 2.36. The maximum Gasteiger partial charge on any atom is 0.176 e. The highest BCUT2D eigenvalue weighted by atomic mass is 28.3. The first-order chi connectivity index (χ1) is 12.7. The Morgan fingerprint density at radius 3 is 1.58 bits per heavy atom. The molecule has 1 heteroatoms. The summed E-state index contributed by atoms with van der Waals surface area (Å²) in [7, 11) is -2.26. The van der Waals surface area contributed by atoms with Crippen LogP contribution in [0.3, 0.4) is 0 Å². The van der Waals surface area contributed by atoms with E-state index in [1.807, 2.05) is 0 Å². The summed E-state index contributed by atoms with van der Waals surface area (Å²) in [6.07, 6.45) is 5.68. The molecular weight excluding hydrogens is 328 g/mol. The fourth-order valence-electron chi connectivity index (χ4n) is 4.27. The zero-order valence-corrected chi connectivity index (χ0v) is 16.4. The number of hydrogen-bond donors (Lipinski definition) is 0. The summed E-state index contributed by atoms with van der Waals surface area (Å²) in [6, 6.07) is 31.6. The standard InChI is InChI=1S/C25H24Si/c1-20-16-18-24(19-17-20)26(22-11-5-3-6-12-22,23-13-7-4-8-14-23)25-15-9-10-21(25)2/h3-14,16-19H,15H2,1-2H3. The smallest absolute Gasteiger partial charge is 0.0806 e. The molecule has 0 radical (unpaired) electrons. The first-order valence-electron chi connectivity index (χ1n) is 9.28. The van der Waals surface area contributed by atoms with Crippen molar-refractivity contribution in [2.24, 2.45) is 0 Å². The van der Waals surface area contributed by atoms with Crippen LogP contribution in [0.1, 0.15) is 18.9 Å². The van der Waals surface area contributed by atoms with Gasteiger partial charge in [0.2, 0.25) is 0 Å². The van der Waals surface area contributed by atoms with E-state index in [4.69, 9.17) is 0 Å². The van der Waals surface area contributed by atoms with E-state index in [1.165, 1.54) is 26.7 Å². The van der Waals surface area contributed by atoms with E-state index in [2.05, 4.69) is 111 Å². The summed E-state index contributed by atoms with van der Waals surface area (Å²) in [5, 5.41) is 6.01. The van der Waals surface area contributed by atoms with Crippen molar-refractivity contribution in [3.05, 3.63) is 113 Å². The third kappa shape index (κ3) is 2.69. The van der Waals surface area contributed by atoms with Crippen LogP contribution in [0.5, 0.6) is 0 Å². The van der Waals surface area contributed by atoms with Gasteiger partial charge in [0.05, 0.1) is 0 Å². The Hall–Kier alpha value is -2.64. The zero-order valence-electron chi connectivity index (χ0n) is 15.4. The van der Waals surface area contributed by atoms with Gasteiger partial charge in [0, 0.05) is 0 Å². The molecule has 0 aromatic heterocycles. The number of aryl methyl sites for hydroxylation is 1. The summed E-state index contributed by atoms with van der Waals surface area (Å²) in [6.45, 7) is 4.44. The average molecular weight is 353 g/mol. The molecule has 26 heavy (non-hydrogen) atoms. The van der Waals surface area contributed by atoms with Gasteiger partial charge in [-0.2, -0.15) is 0 Å². The van der Waals surface area contributed by atoms with Crippen molar-refractivity contribution >= 4 is 23.6 Å². The van der Waals surface area contributed by atoms with Crippen molar-refractivity contribution in [3.8, 4) is 0 Å². The van der Waals surface area contributed by atoms with Crippen LogP contribution in [0.2, 0.25) is 0 Å². The minimum absolute atomic E-state index is 1.05. The lowest BCUT2D eigenvalue weighted by atomic mass is 10.2. The zero-order chi connectivity index (χ0) is 18.0. The second-order valence-corrected chi connectivity index (χ2v) is 11.0. The first kappa shape index (κ1) is 16.8. The first-order valence-corrected chi connectivity index (χ1v) is 11.3. The lowest BCUT2D eigenvalue weighted by Gasteiger charge is -2.36. The van der Waals surface area contributed by atoms with Crippen molar-refractivity contribution in [2.75, 3.05) is 0 Å². The molecule has 1 aliphatic carbocycles. The topological polar surface area (TPSA) is 0 Å². The molecule has 0 bridgehead atoms. The predicted octanol–water partition coefficient (Wildman–Crippen LogP) is 4.28. The van der Waals surface area contributed by atoms with E-state index in [0.29, 0.717) is 0 Å². The number of hydrogen-bond acceptors (Lipinski definition) is 0. The van der Waals surface area contributed by atoms with Crippen molar-refractivity contribution in [1.82, 2.24) is 0 Å². The molecule has 0 heterocycles. The lowest BCUT2D eigenvalue weighted by molar-refractivity contribution is 1.34. The highest BCUT2D eigenvalue weighted by molar-refractivity contribution is 7.16. The normalized spacial score (nSPS) is 14.1. The number of benzene rings is 3. The molecule has 0 atom stereocenters. The molecule has 4 rings (SSSR count). The van der Waals surface area contributed by atoms with Gasteiger partial charge in [-0.05, 0) is 35.8 Å². The predicted molar refractivity (Wildman–Crippen MR) is 115 cm³/mol. The van der Waals surface area contributed by atoms with E-state index >= 15 is 0 Å². The van der Waals surface area contributed by atoms with E-state index < -0.39 is 8.07 Å². The Bertz CT molecular complexity index is 909. The second kappa shape index (κ2) is 6.93. The second-order valence-electron chi connectivity index (χ2n) is 7.12. The van der Waals surface area contributed by atoms with Crippen LogP contribution in [0.15, 0.2) is 108 Å². The molecule has 0 nitrogen and oxygen atoms in total. The van der Waals surface area contributed by atoms with Gasteiger partial charge in [0.1, 0.15) is 0 Å². The van der Waals surface area contributed by atoms with Crippen LogP contribution in [0.4, 0.5) is 0 Å². The molecule has 1 aliphatic rings. The Morgan fingerprint density at radius 2 is 1.12 bits per heavy atom. The van der Waals surface area contributed by atoms with E-state index in [-0.39, 0.29) is 0 Å².